The van der Waals surface area contributed by atoms with Crippen molar-refractivity contribution in [3.63, 3.8) is 0 Å². The number of halogens is 1. The van der Waals surface area contributed by atoms with E-state index in [0.29, 0.717) is 11.9 Å². The smallest absolute Gasteiger partial charge is 0.136 e. The molecule has 4 heteroatoms. The first kappa shape index (κ1) is 13.2. The average Bonchev–Trinajstić information content (AvgIpc) is 3.09. The highest BCUT2D eigenvalue weighted by atomic mass is 35.5. The molecule has 1 unspecified atom stereocenters. The maximum Gasteiger partial charge on any atom is 0.136 e. The number of aryl methyl sites for hydroxylation is 1. The van der Waals surface area contributed by atoms with Crippen LogP contribution in [-0.2, 0) is 5.88 Å². The summed E-state index contributed by atoms with van der Waals surface area (Å²) in [7, 11) is 0. The second-order valence-electron chi connectivity index (χ2n) is 5.85. The lowest BCUT2D eigenvalue weighted by Crippen LogP contribution is -2.36. The summed E-state index contributed by atoms with van der Waals surface area (Å²) in [6.45, 7) is 3.09. The predicted molar refractivity (Wildman–Crippen MR) is 78.7 cm³/mol. The van der Waals surface area contributed by atoms with E-state index >= 15 is 0 Å². The summed E-state index contributed by atoms with van der Waals surface area (Å²) < 4.78 is 0. The number of anilines is 1. The van der Waals surface area contributed by atoms with Gasteiger partial charge in [0.2, 0.25) is 0 Å². The summed E-state index contributed by atoms with van der Waals surface area (Å²) in [6, 6.07) is 0.679. The Morgan fingerprint density at radius 3 is 2.79 bits per heavy atom. The molecule has 0 bridgehead atoms. The van der Waals surface area contributed by atoms with Gasteiger partial charge in [-0.25, -0.2) is 9.97 Å². The minimum Gasteiger partial charge on any atom is -0.353 e. The molecule has 0 aromatic carbocycles. The van der Waals surface area contributed by atoms with Gasteiger partial charge in [-0.1, -0.05) is 12.8 Å². The van der Waals surface area contributed by atoms with E-state index < -0.39 is 0 Å². The monoisotopic (exact) mass is 279 g/mol. The molecule has 0 amide bonds. The molecule has 1 saturated carbocycles. The number of nitrogens with zero attached hydrogens (tertiary/aromatic N) is 3. The molecule has 0 N–H and O–H groups in total. The van der Waals surface area contributed by atoms with Crippen LogP contribution in [0.1, 0.15) is 49.9 Å². The molecule has 1 aliphatic carbocycles. The highest BCUT2D eigenvalue weighted by molar-refractivity contribution is 6.17. The van der Waals surface area contributed by atoms with E-state index in [1.54, 1.807) is 0 Å². The van der Waals surface area contributed by atoms with E-state index in [1.807, 2.05) is 13.1 Å². The number of hydrogen-bond acceptors (Lipinski definition) is 3. The van der Waals surface area contributed by atoms with Gasteiger partial charge in [0.05, 0.1) is 5.88 Å². The Balaban J connectivity index is 1.89. The molecule has 1 aromatic rings. The Hall–Kier alpha value is -0.830. The molecule has 0 radical (unpaired) electrons. The molecular weight excluding hydrogens is 258 g/mol. The number of rotatable bonds is 3. The van der Waals surface area contributed by atoms with Crippen LogP contribution in [0.25, 0.3) is 0 Å². The van der Waals surface area contributed by atoms with Crippen molar-refractivity contribution in [2.24, 2.45) is 5.92 Å². The highest BCUT2D eigenvalue weighted by Crippen LogP contribution is 2.38. The van der Waals surface area contributed by atoms with Gasteiger partial charge < -0.3 is 4.90 Å². The van der Waals surface area contributed by atoms with Crippen molar-refractivity contribution in [2.75, 3.05) is 11.4 Å². The molecule has 104 valence electrons. The van der Waals surface area contributed by atoms with Crippen LogP contribution in [0.4, 0.5) is 5.82 Å². The van der Waals surface area contributed by atoms with E-state index in [9.17, 15) is 0 Å². The average molecular weight is 280 g/mol. The lowest BCUT2D eigenvalue weighted by Gasteiger charge is -2.31. The SMILES string of the molecule is Cc1ncc(CCl)c(N2CCCC2C2CCCC2)n1. The van der Waals surface area contributed by atoms with Crippen LogP contribution in [0.15, 0.2) is 6.20 Å². The first-order chi connectivity index (χ1) is 9.29. The van der Waals surface area contributed by atoms with Crippen LogP contribution >= 0.6 is 11.6 Å². The normalized spacial score (nSPS) is 24.3. The van der Waals surface area contributed by atoms with Gasteiger partial charge >= 0.3 is 0 Å². The molecule has 1 atom stereocenters. The summed E-state index contributed by atoms with van der Waals surface area (Å²) in [5.74, 6) is 3.31. The number of alkyl halides is 1. The Morgan fingerprint density at radius 1 is 1.26 bits per heavy atom. The maximum atomic E-state index is 6.06. The summed E-state index contributed by atoms with van der Waals surface area (Å²) in [6.07, 6.45) is 10.1. The summed E-state index contributed by atoms with van der Waals surface area (Å²) >= 11 is 6.06. The third kappa shape index (κ3) is 2.58. The van der Waals surface area contributed by atoms with E-state index in [-0.39, 0.29) is 0 Å². The zero-order valence-corrected chi connectivity index (χ0v) is 12.4. The Kier molecular flexibility index (Phi) is 3.92. The summed E-state index contributed by atoms with van der Waals surface area (Å²) in [5.41, 5.74) is 1.08. The van der Waals surface area contributed by atoms with Gasteiger partial charge in [0.25, 0.3) is 0 Å². The predicted octanol–water partition coefficient (Wildman–Crippen LogP) is 3.68. The third-order valence-electron chi connectivity index (χ3n) is 4.62. The lowest BCUT2D eigenvalue weighted by molar-refractivity contribution is 0.428. The molecule has 3 nitrogen and oxygen atoms in total. The quantitative estimate of drug-likeness (QED) is 0.791. The van der Waals surface area contributed by atoms with E-state index in [2.05, 4.69) is 14.9 Å². The van der Waals surface area contributed by atoms with Crippen LogP contribution in [0.2, 0.25) is 0 Å². The van der Waals surface area contributed by atoms with Crippen LogP contribution in [0.3, 0.4) is 0 Å². The Bertz CT molecular complexity index is 443. The number of hydrogen-bond donors (Lipinski definition) is 0. The molecule has 1 aromatic heterocycles. The maximum absolute atomic E-state index is 6.06. The van der Waals surface area contributed by atoms with Crippen molar-refractivity contribution in [2.45, 2.75) is 57.4 Å². The van der Waals surface area contributed by atoms with Crippen molar-refractivity contribution >= 4 is 17.4 Å². The van der Waals surface area contributed by atoms with Crippen LogP contribution < -0.4 is 4.90 Å². The first-order valence-electron chi connectivity index (χ1n) is 7.44. The van der Waals surface area contributed by atoms with E-state index in [4.69, 9.17) is 11.6 Å². The fourth-order valence-corrected chi connectivity index (χ4v) is 3.90. The zero-order valence-electron chi connectivity index (χ0n) is 11.6. The van der Waals surface area contributed by atoms with Crippen LogP contribution in [-0.4, -0.2) is 22.6 Å². The van der Waals surface area contributed by atoms with Crippen LogP contribution in [0.5, 0.6) is 0 Å². The zero-order chi connectivity index (χ0) is 13.2. The first-order valence-corrected chi connectivity index (χ1v) is 7.98. The minimum absolute atomic E-state index is 0.503. The van der Waals surface area contributed by atoms with E-state index in [0.717, 1.165) is 29.7 Å². The van der Waals surface area contributed by atoms with Gasteiger partial charge in [0.15, 0.2) is 0 Å². The summed E-state index contributed by atoms with van der Waals surface area (Å²) in [4.78, 5) is 11.5. The molecule has 0 spiro atoms. The third-order valence-corrected chi connectivity index (χ3v) is 4.91. The molecule has 19 heavy (non-hydrogen) atoms. The molecule has 2 aliphatic rings. The lowest BCUT2D eigenvalue weighted by atomic mass is 9.96. The molecule has 1 aliphatic heterocycles. The van der Waals surface area contributed by atoms with Crippen molar-refractivity contribution in [3.05, 3.63) is 17.6 Å². The molecule has 2 heterocycles. The fraction of sp³-hybridized carbons (Fsp3) is 0.733. The van der Waals surface area contributed by atoms with Gasteiger partial charge in [-0.3, -0.25) is 0 Å². The van der Waals surface area contributed by atoms with Crippen molar-refractivity contribution in [1.29, 1.82) is 0 Å². The summed E-state index contributed by atoms with van der Waals surface area (Å²) in [5, 5.41) is 0. The number of aromatic nitrogens is 2. The molecule has 1 saturated heterocycles. The minimum atomic E-state index is 0.503. The standard InChI is InChI=1S/C15H22ClN3/c1-11-17-10-13(9-16)15(18-11)19-8-4-7-14(19)12-5-2-3-6-12/h10,12,14H,2-9H2,1H3. The topological polar surface area (TPSA) is 29.0 Å². The largest absolute Gasteiger partial charge is 0.353 e. The molecule has 3 rings (SSSR count). The highest BCUT2D eigenvalue weighted by Gasteiger charge is 2.34. The Labute approximate surface area is 120 Å². The van der Waals surface area contributed by atoms with Crippen molar-refractivity contribution < 1.29 is 0 Å². The van der Waals surface area contributed by atoms with Gasteiger partial charge in [0, 0.05) is 24.3 Å². The van der Waals surface area contributed by atoms with Gasteiger partial charge in [0.1, 0.15) is 11.6 Å². The van der Waals surface area contributed by atoms with Crippen molar-refractivity contribution in [3.8, 4) is 0 Å². The van der Waals surface area contributed by atoms with Gasteiger partial charge in [-0.15, -0.1) is 11.6 Å². The van der Waals surface area contributed by atoms with E-state index in [1.165, 1.54) is 38.5 Å². The van der Waals surface area contributed by atoms with Crippen molar-refractivity contribution in [1.82, 2.24) is 9.97 Å². The molecular formula is C15H22ClN3. The van der Waals surface area contributed by atoms with Gasteiger partial charge in [-0.2, -0.15) is 0 Å². The van der Waals surface area contributed by atoms with Gasteiger partial charge in [-0.05, 0) is 38.5 Å². The second-order valence-corrected chi connectivity index (χ2v) is 6.11. The fourth-order valence-electron chi connectivity index (χ4n) is 3.71. The Morgan fingerprint density at radius 2 is 2.05 bits per heavy atom. The van der Waals surface area contributed by atoms with Crippen LogP contribution in [0, 0.1) is 12.8 Å². The second kappa shape index (κ2) is 5.66. The molecule has 2 fully saturated rings.